The molecule has 0 heterocycles. The summed E-state index contributed by atoms with van der Waals surface area (Å²) in [5.41, 5.74) is 8.48. The third-order valence-electron chi connectivity index (χ3n) is 3.42. The van der Waals surface area contributed by atoms with Gasteiger partial charge in [-0.1, -0.05) is 24.3 Å². The van der Waals surface area contributed by atoms with E-state index in [-0.39, 0.29) is 5.82 Å². The third kappa shape index (κ3) is 3.73. The largest absolute Gasteiger partial charge is 0.399 e. The Hall–Kier alpha value is -2.03. The maximum atomic E-state index is 13.8. The summed E-state index contributed by atoms with van der Waals surface area (Å²) in [7, 11) is 0. The molecule has 0 bridgehead atoms. The summed E-state index contributed by atoms with van der Waals surface area (Å²) in [5, 5.41) is 0. The molecule has 0 aromatic heterocycles. The lowest BCUT2D eigenvalue weighted by molar-refractivity contribution is 0.615. The fourth-order valence-electron chi connectivity index (χ4n) is 2.38. The van der Waals surface area contributed by atoms with E-state index in [4.69, 9.17) is 5.73 Å². The normalized spacial score (nSPS) is 10.5. The minimum absolute atomic E-state index is 0.154. The highest BCUT2D eigenvalue weighted by Gasteiger charge is 2.08. The molecule has 2 aromatic rings. The van der Waals surface area contributed by atoms with Gasteiger partial charge < -0.3 is 10.6 Å². The Bertz CT molecular complexity index is 554. The molecule has 2 N–H and O–H groups in total. The zero-order chi connectivity index (χ0) is 14.4. The van der Waals surface area contributed by atoms with Crippen LogP contribution in [0.2, 0.25) is 0 Å². The van der Waals surface area contributed by atoms with Crippen LogP contribution >= 0.6 is 0 Å². The molecule has 0 saturated heterocycles. The lowest BCUT2D eigenvalue weighted by atomic mass is 10.1. The van der Waals surface area contributed by atoms with E-state index in [1.807, 2.05) is 37.3 Å². The molecule has 0 spiro atoms. The van der Waals surface area contributed by atoms with E-state index in [0.29, 0.717) is 5.69 Å². The molecule has 0 fully saturated rings. The first-order valence-electron chi connectivity index (χ1n) is 7.04. The predicted molar refractivity (Wildman–Crippen MR) is 83.5 cm³/mol. The van der Waals surface area contributed by atoms with E-state index in [9.17, 15) is 4.39 Å². The Morgan fingerprint density at radius 3 is 2.60 bits per heavy atom. The summed E-state index contributed by atoms with van der Waals surface area (Å²) < 4.78 is 13.8. The van der Waals surface area contributed by atoms with Crippen LogP contribution in [0.25, 0.3) is 0 Å². The van der Waals surface area contributed by atoms with E-state index < -0.39 is 0 Å². The molecular weight excluding hydrogens is 251 g/mol. The van der Waals surface area contributed by atoms with Crippen molar-refractivity contribution in [3.63, 3.8) is 0 Å². The highest BCUT2D eigenvalue weighted by Crippen LogP contribution is 2.19. The molecule has 2 nitrogen and oxygen atoms in total. The Labute approximate surface area is 120 Å². The number of para-hydroxylation sites is 1. The van der Waals surface area contributed by atoms with Crippen molar-refractivity contribution in [1.29, 1.82) is 0 Å². The number of rotatable bonds is 6. The minimum atomic E-state index is -0.154. The number of hydrogen-bond acceptors (Lipinski definition) is 2. The van der Waals surface area contributed by atoms with Crippen molar-refractivity contribution in [3.8, 4) is 0 Å². The Morgan fingerprint density at radius 1 is 1.10 bits per heavy atom. The lowest BCUT2D eigenvalue weighted by Gasteiger charge is -2.23. The van der Waals surface area contributed by atoms with Crippen molar-refractivity contribution >= 4 is 11.4 Å². The van der Waals surface area contributed by atoms with E-state index in [0.717, 1.165) is 31.6 Å². The van der Waals surface area contributed by atoms with Gasteiger partial charge in [-0.2, -0.15) is 0 Å². The van der Waals surface area contributed by atoms with Crippen LogP contribution < -0.4 is 10.6 Å². The zero-order valence-electron chi connectivity index (χ0n) is 11.8. The Balaban J connectivity index is 1.93. The fourth-order valence-corrected chi connectivity index (χ4v) is 2.38. The van der Waals surface area contributed by atoms with Crippen LogP contribution in [0.3, 0.4) is 0 Å². The minimum Gasteiger partial charge on any atom is -0.399 e. The van der Waals surface area contributed by atoms with Gasteiger partial charge in [0.05, 0.1) is 5.69 Å². The van der Waals surface area contributed by atoms with Crippen molar-refractivity contribution in [2.45, 2.75) is 19.8 Å². The zero-order valence-corrected chi connectivity index (χ0v) is 11.8. The van der Waals surface area contributed by atoms with Gasteiger partial charge in [0, 0.05) is 18.8 Å². The standard InChI is InChI=1S/C17H21FN2/c1-2-20(17-11-4-3-10-16(17)18)12-6-8-14-7-5-9-15(19)13-14/h3-5,7,9-11,13H,2,6,8,12,19H2,1H3. The molecule has 20 heavy (non-hydrogen) atoms. The first-order valence-corrected chi connectivity index (χ1v) is 7.04. The summed E-state index contributed by atoms with van der Waals surface area (Å²) in [6, 6.07) is 14.9. The second-order valence-corrected chi connectivity index (χ2v) is 4.88. The molecule has 106 valence electrons. The van der Waals surface area contributed by atoms with Crippen LogP contribution in [-0.2, 0) is 6.42 Å². The van der Waals surface area contributed by atoms with Crippen LogP contribution in [-0.4, -0.2) is 13.1 Å². The van der Waals surface area contributed by atoms with Crippen LogP contribution in [0, 0.1) is 5.82 Å². The monoisotopic (exact) mass is 272 g/mol. The number of anilines is 2. The van der Waals surface area contributed by atoms with Gasteiger partial charge >= 0.3 is 0 Å². The molecule has 0 aliphatic heterocycles. The number of aryl methyl sites for hydroxylation is 1. The summed E-state index contributed by atoms with van der Waals surface area (Å²) in [6.45, 7) is 3.69. The van der Waals surface area contributed by atoms with Gasteiger partial charge in [0.2, 0.25) is 0 Å². The number of nitrogens with two attached hydrogens (primary N) is 1. The second-order valence-electron chi connectivity index (χ2n) is 4.88. The first-order chi connectivity index (χ1) is 9.70. The highest BCUT2D eigenvalue weighted by atomic mass is 19.1. The topological polar surface area (TPSA) is 29.3 Å². The van der Waals surface area contributed by atoms with E-state index >= 15 is 0 Å². The molecule has 0 radical (unpaired) electrons. The highest BCUT2D eigenvalue weighted by molar-refractivity contribution is 5.47. The number of hydrogen-bond donors (Lipinski definition) is 1. The maximum absolute atomic E-state index is 13.8. The first kappa shape index (κ1) is 14.4. The van der Waals surface area contributed by atoms with Gasteiger partial charge in [-0.3, -0.25) is 0 Å². The van der Waals surface area contributed by atoms with E-state index in [1.165, 1.54) is 11.6 Å². The summed E-state index contributed by atoms with van der Waals surface area (Å²) in [5.74, 6) is -0.154. The molecule has 0 saturated carbocycles. The Kier molecular flexibility index (Phi) is 4.99. The van der Waals surface area contributed by atoms with Crippen molar-refractivity contribution in [2.24, 2.45) is 0 Å². The average Bonchev–Trinajstić information content (AvgIpc) is 2.45. The second kappa shape index (κ2) is 6.94. The lowest BCUT2D eigenvalue weighted by Crippen LogP contribution is -2.25. The smallest absolute Gasteiger partial charge is 0.146 e. The summed E-state index contributed by atoms with van der Waals surface area (Å²) in [4.78, 5) is 2.07. The third-order valence-corrected chi connectivity index (χ3v) is 3.42. The molecule has 2 rings (SSSR count). The van der Waals surface area contributed by atoms with Gasteiger partial charge in [-0.05, 0) is 49.6 Å². The van der Waals surface area contributed by atoms with Crippen molar-refractivity contribution in [3.05, 3.63) is 59.9 Å². The summed E-state index contributed by atoms with van der Waals surface area (Å²) in [6.07, 6.45) is 1.93. The number of benzene rings is 2. The SMILES string of the molecule is CCN(CCCc1cccc(N)c1)c1ccccc1F. The van der Waals surface area contributed by atoms with Crippen LogP contribution in [0.4, 0.5) is 15.8 Å². The number of halogens is 1. The molecule has 0 aliphatic rings. The van der Waals surface area contributed by atoms with Crippen molar-refractivity contribution in [1.82, 2.24) is 0 Å². The quantitative estimate of drug-likeness (QED) is 0.809. The number of nitrogens with zero attached hydrogens (tertiary/aromatic N) is 1. The molecule has 0 atom stereocenters. The van der Waals surface area contributed by atoms with Gasteiger partial charge in [0.25, 0.3) is 0 Å². The van der Waals surface area contributed by atoms with Crippen molar-refractivity contribution in [2.75, 3.05) is 23.7 Å². The predicted octanol–water partition coefficient (Wildman–Crippen LogP) is 3.87. The average molecular weight is 272 g/mol. The molecule has 0 unspecified atom stereocenters. The van der Waals surface area contributed by atoms with Crippen LogP contribution in [0.1, 0.15) is 18.9 Å². The molecular formula is C17H21FN2. The maximum Gasteiger partial charge on any atom is 0.146 e. The van der Waals surface area contributed by atoms with Crippen molar-refractivity contribution < 1.29 is 4.39 Å². The van der Waals surface area contributed by atoms with Crippen LogP contribution in [0.5, 0.6) is 0 Å². The molecule has 2 aromatic carbocycles. The van der Waals surface area contributed by atoms with Gasteiger partial charge in [0.1, 0.15) is 5.82 Å². The fraction of sp³-hybridized carbons (Fsp3) is 0.294. The van der Waals surface area contributed by atoms with Gasteiger partial charge in [-0.25, -0.2) is 4.39 Å². The molecule has 3 heteroatoms. The Morgan fingerprint density at radius 2 is 1.90 bits per heavy atom. The van der Waals surface area contributed by atoms with Crippen LogP contribution in [0.15, 0.2) is 48.5 Å². The van der Waals surface area contributed by atoms with E-state index in [1.54, 1.807) is 6.07 Å². The van der Waals surface area contributed by atoms with E-state index in [2.05, 4.69) is 11.0 Å². The number of nitrogen functional groups attached to an aromatic ring is 1. The van der Waals surface area contributed by atoms with Gasteiger partial charge in [-0.15, -0.1) is 0 Å². The van der Waals surface area contributed by atoms with Gasteiger partial charge in [0.15, 0.2) is 0 Å². The molecule has 0 aliphatic carbocycles. The summed E-state index contributed by atoms with van der Waals surface area (Å²) >= 11 is 0. The molecule has 0 amide bonds.